The first-order valence-electron chi connectivity index (χ1n) is 5.33. The van der Waals surface area contributed by atoms with Crippen molar-refractivity contribution in [1.82, 2.24) is 4.90 Å². The van der Waals surface area contributed by atoms with Crippen LogP contribution in [0, 0.1) is 0 Å². The smallest absolute Gasteiger partial charge is 0.264 e. The van der Waals surface area contributed by atoms with E-state index in [1.54, 1.807) is 0 Å². The van der Waals surface area contributed by atoms with E-state index < -0.39 is 10.1 Å². The molecule has 0 aromatic carbocycles. The third-order valence-corrected chi connectivity index (χ3v) is 3.60. The van der Waals surface area contributed by atoms with Crippen LogP contribution < -0.4 is 0 Å². The Balaban J connectivity index is 2.42. The van der Waals surface area contributed by atoms with Crippen molar-refractivity contribution in [2.24, 2.45) is 0 Å². The molecule has 5 nitrogen and oxygen atoms in total. The largest absolute Gasteiger partial charge is 0.395 e. The molecule has 0 bridgehead atoms. The molecule has 6 heteroatoms. The van der Waals surface area contributed by atoms with Crippen LogP contribution in [0.25, 0.3) is 0 Å². The minimum Gasteiger partial charge on any atom is -0.395 e. The van der Waals surface area contributed by atoms with Crippen LogP contribution in [0.4, 0.5) is 0 Å². The van der Waals surface area contributed by atoms with E-state index in [-0.39, 0.29) is 18.4 Å². The molecule has 15 heavy (non-hydrogen) atoms. The van der Waals surface area contributed by atoms with E-state index in [1.165, 1.54) is 0 Å². The first-order valence-corrected chi connectivity index (χ1v) is 6.94. The van der Waals surface area contributed by atoms with Gasteiger partial charge in [-0.05, 0) is 25.8 Å². The van der Waals surface area contributed by atoms with Crippen molar-refractivity contribution in [3.63, 3.8) is 0 Å². The molecule has 1 aliphatic heterocycles. The minimum absolute atomic E-state index is 0.0996. The van der Waals surface area contributed by atoms with Crippen LogP contribution in [0.5, 0.6) is 0 Å². The monoisotopic (exact) mass is 237 g/mol. The van der Waals surface area contributed by atoms with Gasteiger partial charge >= 0.3 is 0 Å². The predicted octanol–water partition coefficient (Wildman–Crippen LogP) is 0.111. The van der Waals surface area contributed by atoms with E-state index in [2.05, 4.69) is 4.90 Å². The Morgan fingerprint density at radius 1 is 1.33 bits per heavy atom. The fourth-order valence-electron chi connectivity index (χ4n) is 2.09. The van der Waals surface area contributed by atoms with E-state index in [1.807, 2.05) is 0 Å². The van der Waals surface area contributed by atoms with Crippen molar-refractivity contribution in [2.45, 2.75) is 31.7 Å². The zero-order valence-electron chi connectivity index (χ0n) is 8.80. The topological polar surface area (TPSA) is 77.8 Å². The van der Waals surface area contributed by atoms with Gasteiger partial charge in [0.2, 0.25) is 0 Å². The maximum atomic E-state index is 10.6. The van der Waals surface area contributed by atoms with Gasteiger partial charge in [0, 0.05) is 12.6 Å². The van der Waals surface area contributed by atoms with Crippen molar-refractivity contribution in [2.75, 3.05) is 25.4 Å². The Morgan fingerprint density at radius 2 is 2.07 bits per heavy atom. The Labute approximate surface area is 90.8 Å². The lowest BCUT2D eigenvalue weighted by Crippen LogP contribution is -2.42. The van der Waals surface area contributed by atoms with Gasteiger partial charge in [-0.3, -0.25) is 9.45 Å². The van der Waals surface area contributed by atoms with E-state index in [4.69, 9.17) is 9.66 Å². The van der Waals surface area contributed by atoms with Gasteiger partial charge in [-0.2, -0.15) is 8.42 Å². The normalized spacial score (nSPS) is 24.3. The van der Waals surface area contributed by atoms with Crippen molar-refractivity contribution in [3.8, 4) is 0 Å². The molecule has 2 N–H and O–H groups in total. The Bertz CT molecular complexity index is 276. The Morgan fingerprint density at radius 3 is 2.67 bits per heavy atom. The van der Waals surface area contributed by atoms with Crippen LogP contribution in [0.3, 0.4) is 0 Å². The number of β-amino-alcohol motifs (C(OH)–C–C–N with tert-alkyl or cyclic N) is 1. The maximum absolute atomic E-state index is 10.6. The first kappa shape index (κ1) is 12.9. The summed E-state index contributed by atoms with van der Waals surface area (Å²) in [5.41, 5.74) is 0. The zero-order valence-corrected chi connectivity index (χ0v) is 9.62. The van der Waals surface area contributed by atoms with Crippen molar-refractivity contribution in [3.05, 3.63) is 0 Å². The van der Waals surface area contributed by atoms with Gasteiger partial charge in [0.05, 0.1) is 12.4 Å². The summed E-state index contributed by atoms with van der Waals surface area (Å²) in [4.78, 5) is 2.11. The molecule has 0 spiro atoms. The predicted molar refractivity (Wildman–Crippen MR) is 57.3 cm³/mol. The maximum Gasteiger partial charge on any atom is 0.264 e. The molecule has 0 aromatic heterocycles. The highest BCUT2D eigenvalue weighted by Gasteiger charge is 2.23. The quantitative estimate of drug-likeness (QED) is 0.664. The highest BCUT2D eigenvalue weighted by Crippen LogP contribution is 2.19. The summed E-state index contributed by atoms with van der Waals surface area (Å²) in [6.45, 7) is 1.61. The molecule has 0 amide bonds. The number of piperidine rings is 1. The molecule has 90 valence electrons. The zero-order chi connectivity index (χ0) is 11.3. The fourth-order valence-corrected chi connectivity index (χ4v) is 2.66. The van der Waals surface area contributed by atoms with Gasteiger partial charge in [0.25, 0.3) is 10.1 Å². The number of hydrogen-bond acceptors (Lipinski definition) is 4. The molecule has 1 atom stereocenters. The Kier molecular flexibility index (Phi) is 4.98. The summed E-state index contributed by atoms with van der Waals surface area (Å²) in [5, 5.41) is 8.86. The number of nitrogens with zero attached hydrogens (tertiary/aromatic N) is 1. The van der Waals surface area contributed by atoms with E-state index in [0.29, 0.717) is 13.0 Å². The Hall–Kier alpha value is -0.170. The number of rotatable bonds is 5. The number of hydrogen-bond donors (Lipinski definition) is 2. The molecule has 1 heterocycles. The van der Waals surface area contributed by atoms with Crippen LogP contribution in [0.15, 0.2) is 0 Å². The molecule has 1 fully saturated rings. The molecular weight excluding hydrogens is 218 g/mol. The summed E-state index contributed by atoms with van der Waals surface area (Å²) < 4.78 is 29.9. The minimum atomic E-state index is -3.85. The second-order valence-electron chi connectivity index (χ2n) is 3.98. The van der Waals surface area contributed by atoms with Gasteiger partial charge in [0.15, 0.2) is 0 Å². The molecule has 0 aromatic rings. The van der Waals surface area contributed by atoms with Gasteiger partial charge in [-0.15, -0.1) is 0 Å². The van der Waals surface area contributed by atoms with E-state index in [0.717, 1.165) is 25.8 Å². The number of likely N-dealkylation sites (tertiary alicyclic amines) is 1. The van der Waals surface area contributed by atoms with Crippen LogP contribution in [-0.4, -0.2) is 54.5 Å². The first-order chi connectivity index (χ1) is 7.03. The second-order valence-corrected chi connectivity index (χ2v) is 5.56. The number of aliphatic hydroxyl groups is 1. The molecule has 1 saturated heterocycles. The summed E-state index contributed by atoms with van der Waals surface area (Å²) >= 11 is 0. The third-order valence-electron chi connectivity index (χ3n) is 2.85. The van der Waals surface area contributed by atoms with Gasteiger partial charge in [-0.1, -0.05) is 6.42 Å². The van der Waals surface area contributed by atoms with Crippen molar-refractivity contribution in [1.29, 1.82) is 0 Å². The van der Waals surface area contributed by atoms with Crippen LogP contribution >= 0.6 is 0 Å². The summed E-state index contributed by atoms with van der Waals surface area (Å²) in [5.74, 6) is -0.181. The molecule has 1 aliphatic rings. The van der Waals surface area contributed by atoms with Gasteiger partial charge in [0.1, 0.15) is 0 Å². The average molecular weight is 237 g/mol. The van der Waals surface area contributed by atoms with Gasteiger partial charge in [-0.25, -0.2) is 0 Å². The van der Waals surface area contributed by atoms with E-state index in [9.17, 15) is 8.42 Å². The molecule has 1 unspecified atom stereocenters. The molecular formula is C9H19NO4S. The lowest BCUT2D eigenvalue weighted by molar-refractivity contribution is 0.114. The number of aliphatic hydroxyl groups excluding tert-OH is 1. The average Bonchev–Trinajstić information content (AvgIpc) is 2.16. The van der Waals surface area contributed by atoms with E-state index >= 15 is 0 Å². The summed E-state index contributed by atoms with van der Waals surface area (Å²) in [7, 11) is -3.85. The van der Waals surface area contributed by atoms with Crippen LogP contribution in [-0.2, 0) is 10.1 Å². The van der Waals surface area contributed by atoms with Gasteiger partial charge < -0.3 is 5.11 Å². The molecule has 0 saturated carbocycles. The highest BCUT2D eigenvalue weighted by atomic mass is 32.2. The van der Waals surface area contributed by atoms with Crippen molar-refractivity contribution < 1.29 is 18.1 Å². The van der Waals surface area contributed by atoms with Crippen molar-refractivity contribution >= 4 is 10.1 Å². The molecule has 0 aliphatic carbocycles. The highest BCUT2D eigenvalue weighted by molar-refractivity contribution is 7.85. The third kappa shape index (κ3) is 4.92. The summed E-state index contributed by atoms with van der Waals surface area (Å²) in [6.07, 6.45) is 3.61. The van der Waals surface area contributed by atoms with Crippen LogP contribution in [0.2, 0.25) is 0 Å². The molecule has 0 radical (unpaired) electrons. The lowest BCUT2D eigenvalue weighted by Gasteiger charge is -2.35. The molecule has 1 rings (SSSR count). The van der Waals surface area contributed by atoms with Crippen LogP contribution in [0.1, 0.15) is 25.7 Å². The fraction of sp³-hybridized carbons (Fsp3) is 1.00. The summed E-state index contributed by atoms with van der Waals surface area (Å²) in [6, 6.07) is 0.188. The standard InChI is InChI=1S/C9H19NO4S/c11-7-6-10-5-2-1-3-9(10)4-8-15(12,13)14/h9,11H,1-8H2,(H,12,13,14). The lowest BCUT2D eigenvalue weighted by atomic mass is 10.0. The second kappa shape index (κ2) is 5.79. The SMILES string of the molecule is O=S(=O)(O)CCC1CCCCN1CCO.